The Morgan fingerprint density at radius 2 is 1.75 bits per heavy atom. The monoisotopic (exact) mass is 439 g/mol. The van der Waals surface area contributed by atoms with Gasteiger partial charge in [0, 0.05) is 13.5 Å². The Morgan fingerprint density at radius 1 is 1.06 bits per heavy atom. The average Bonchev–Trinajstić information content (AvgIpc) is 3.13. The van der Waals surface area contributed by atoms with Crippen LogP contribution in [0.2, 0.25) is 0 Å². The Morgan fingerprint density at radius 3 is 2.41 bits per heavy atom. The maximum atomic E-state index is 9.00. The van der Waals surface area contributed by atoms with Crippen molar-refractivity contribution in [3.05, 3.63) is 47.2 Å². The number of carbonyl (C=O) groups is 1. The quantitative estimate of drug-likeness (QED) is 0.422. The molecule has 1 aliphatic heterocycles. The summed E-state index contributed by atoms with van der Waals surface area (Å²) in [5.41, 5.74) is 5.96. The highest BCUT2D eigenvalue weighted by Gasteiger charge is 2.56. The minimum absolute atomic E-state index is 0.406. The number of dihydropyridines is 1. The van der Waals surface area contributed by atoms with Crippen molar-refractivity contribution in [2.45, 2.75) is 86.5 Å². The topological polar surface area (TPSA) is 49.3 Å². The molecule has 5 rings (SSSR count). The summed E-state index contributed by atoms with van der Waals surface area (Å²) in [6.45, 7) is 13.8. The molecule has 178 valence electrons. The Labute approximate surface area is 196 Å². The van der Waals surface area contributed by atoms with E-state index in [1.165, 1.54) is 44.9 Å². The van der Waals surface area contributed by atoms with Crippen molar-refractivity contribution in [1.29, 1.82) is 0 Å². The highest BCUT2D eigenvalue weighted by Crippen LogP contribution is 2.65. The molecule has 1 heterocycles. The zero-order valence-corrected chi connectivity index (χ0v) is 21.2. The summed E-state index contributed by atoms with van der Waals surface area (Å²) in [4.78, 5) is 9.00. The molecule has 32 heavy (non-hydrogen) atoms. The normalized spacial score (nSPS) is 39.1. The van der Waals surface area contributed by atoms with Gasteiger partial charge in [0.15, 0.2) is 0 Å². The van der Waals surface area contributed by atoms with E-state index in [1.807, 2.05) is 19.4 Å². The molecular formula is C29H45NO2. The number of hydrogen-bond donors (Lipinski definition) is 2. The van der Waals surface area contributed by atoms with Crippen LogP contribution in [-0.4, -0.2) is 17.6 Å². The summed E-state index contributed by atoms with van der Waals surface area (Å²) in [6.07, 6.45) is 21.7. The maximum Gasteiger partial charge on any atom is 0.300 e. The number of aliphatic carboxylic acids is 1. The fourth-order valence-corrected chi connectivity index (χ4v) is 7.55. The van der Waals surface area contributed by atoms with Gasteiger partial charge in [0.25, 0.3) is 5.97 Å². The van der Waals surface area contributed by atoms with Crippen LogP contribution in [0, 0.1) is 34.5 Å². The lowest BCUT2D eigenvalue weighted by atomic mass is 9.47. The molecule has 0 aromatic rings. The van der Waals surface area contributed by atoms with E-state index >= 15 is 0 Å². The fourth-order valence-electron chi connectivity index (χ4n) is 7.55. The highest BCUT2D eigenvalue weighted by atomic mass is 16.4. The number of rotatable bonds is 1. The molecule has 3 heteroatoms. The second-order valence-electron chi connectivity index (χ2n) is 10.9. The first-order valence-corrected chi connectivity index (χ1v) is 12.9. The lowest BCUT2D eigenvalue weighted by Crippen LogP contribution is -2.49. The molecule has 0 aromatic heterocycles. The van der Waals surface area contributed by atoms with E-state index < -0.39 is 5.97 Å². The van der Waals surface area contributed by atoms with Crippen molar-refractivity contribution in [3.63, 3.8) is 0 Å². The van der Waals surface area contributed by atoms with Gasteiger partial charge in [0.1, 0.15) is 0 Å². The molecule has 4 unspecified atom stereocenters. The van der Waals surface area contributed by atoms with Gasteiger partial charge in [-0.3, -0.25) is 4.79 Å². The molecule has 0 radical (unpaired) electrons. The van der Waals surface area contributed by atoms with Crippen LogP contribution in [0.25, 0.3) is 0 Å². The molecular weight excluding hydrogens is 394 g/mol. The highest BCUT2D eigenvalue weighted by molar-refractivity contribution is 5.63. The molecule has 0 aromatic carbocycles. The van der Waals surface area contributed by atoms with Crippen LogP contribution in [0.3, 0.4) is 0 Å². The van der Waals surface area contributed by atoms with Crippen LogP contribution in [0.15, 0.2) is 47.2 Å². The Hall–Kier alpha value is -1.77. The lowest BCUT2D eigenvalue weighted by Gasteiger charge is -2.58. The molecule has 4 aliphatic carbocycles. The SMILES string of the molecule is CC.CC(=O)O.C[C@H]1CC[C@@]2(C)C(=CCC3C4CC=C(C5=CC=CNC5)C4(C)CCC32)C1. The minimum atomic E-state index is -0.833. The number of fused-ring (bicyclic) bond motifs is 5. The minimum Gasteiger partial charge on any atom is -0.481 e. The van der Waals surface area contributed by atoms with Crippen LogP contribution in [0.5, 0.6) is 0 Å². The first-order valence-electron chi connectivity index (χ1n) is 12.9. The van der Waals surface area contributed by atoms with Crippen LogP contribution in [-0.2, 0) is 4.79 Å². The summed E-state index contributed by atoms with van der Waals surface area (Å²) in [6, 6.07) is 0. The summed E-state index contributed by atoms with van der Waals surface area (Å²) < 4.78 is 0. The summed E-state index contributed by atoms with van der Waals surface area (Å²) in [5, 5.41) is 10.8. The molecule has 3 nitrogen and oxygen atoms in total. The zero-order chi connectivity index (χ0) is 23.5. The van der Waals surface area contributed by atoms with Crippen LogP contribution >= 0.6 is 0 Å². The molecule has 2 fully saturated rings. The third kappa shape index (κ3) is 4.50. The third-order valence-corrected chi connectivity index (χ3v) is 9.08. The van der Waals surface area contributed by atoms with Crippen molar-refractivity contribution in [1.82, 2.24) is 5.32 Å². The zero-order valence-electron chi connectivity index (χ0n) is 21.2. The van der Waals surface area contributed by atoms with Gasteiger partial charge in [-0.2, -0.15) is 0 Å². The van der Waals surface area contributed by atoms with Gasteiger partial charge < -0.3 is 10.4 Å². The number of hydrogen-bond acceptors (Lipinski definition) is 2. The standard InChI is InChI=1S/C25H35N.C2H4O2.C2H6/c1-17-10-12-24(2)19(15-17)6-7-20-22-9-8-21(18-5-4-14-26-16-18)25(22,3)13-11-23(20)24;1-2(3)4;1-2/h4-6,8,14,17,20,22-23,26H,7,9-13,15-16H2,1-3H3;1H3,(H,3,4);1-2H3/t17-,20?,22?,23?,24-,25?;;/m0../s1. The third-order valence-electron chi connectivity index (χ3n) is 9.08. The maximum absolute atomic E-state index is 9.00. The van der Waals surface area contributed by atoms with E-state index in [-0.39, 0.29) is 0 Å². The Kier molecular flexibility index (Phi) is 7.78. The molecule has 0 bridgehead atoms. The van der Waals surface area contributed by atoms with E-state index in [0.717, 1.165) is 37.1 Å². The molecule has 0 spiro atoms. The van der Waals surface area contributed by atoms with Gasteiger partial charge in [-0.25, -0.2) is 0 Å². The summed E-state index contributed by atoms with van der Waals surface area (Å²) >= 11 is 0. The van der Waals surface area contributed by atoms with E-state index in [4.69, 9.17) is 9.90 Å². The molecule has 2 saturated carbocycles. The van der Waals surface area contributed by atoms with Crippen molar-refractivity contribution in [3.8, 4) is 0 Å². The molecule has 5 aliphatic rings. The summed E-state index contributed by atoms with van der Waals surface area (Å²) in [7, 11) is 0. The first kappa shape index (κ1) is 24.9. The molecule has 2 N–H and O–H groups in total. The number of carboxylic acid groups (broad SMARTS) is 1. The van der Waals surface area contributed by atoms with E-state index in [9.17, 15) is 0 Å². The first-order chi connectivity index (χ1) is 15.3. The molecule has 6 atom stereocenters. The predicted molar refractivity (Wildman–Crippen MR) is 134 cm³/mol. The van der Waals surface area contributed by atoms with Gasteiger partial charge in [-0.1, -0.05) is 58.4 Å². The number of nitrogens with one attached hydrogen (secondary N) is 1. The van der Waals surface area contributed by atoms with Crippen molar-refractivity contribution in [2.75, 3.05) is 6.54 Å². The second kappa shape index (κ2) is 10.0. The van der Waals surface area contributed by atoms with Gasteiger partial charge in [0.2, 0.25) is 0 Å². The average molecular weight is 440 g/mol. The lowest BCUT2D eigenvalue weighted by molar-refractivity contribution is -0.134. The van der Waals surface area contributed by atoms with E-state index in [0.29, 0.717) is 10.8 Å². The smallest absolute Gasteiger partial charge is 0.300 e. The van der Waals surface area contributed by atoms with Crippen molar-refractivity contribution in [2.24, 2.45) is 34.5 Å². The largest absolute Gasteiger partial charge is 0.481 e. The van der Waals surface area contributed by atoms with E-state index in [2.05, 4.69) is 56.6 Å². The molecule has 0 amide bonds. The predicted octanol–water partition coefficient (Wildman–Crippen LogP) is 7.28. The van der Waals surface area contributed by atoms with Gasteiger partial charge in [-0.15, -0.1) is 0 Å². The number of carboxylic acids is 1. The van der Waals surface area contributed by atoms with Gasteiger partial charge >= 0.3 is 0 Å². The van der Waals surface area contributed by atoms with Crippen LogP contribution < -0.4 is 5.32 Å². The van der Waals surface area contributed by atoms with Crippen molar-refractivity contribution >= 4 is 5.97 Å². The van der Waals surface area contributed by atoms with Gasteiger partial charge in [-0.05, 0) is 103 Å². The van der Waals surface area contributed by atoms with Crippen molar-refractivity contribution < 1.29 is 9.90 Å². The second-order valence-corrected chi connectivity index (χ2v) is 10.9. The Bertz CT molecular complexity index is 815. The van der Waals surface area contributed by atoms with Crippen LogP contribution in [0.4, 0.5) is 0 Å². The van der Waals surface area contributed by atoms with Gasteiger partial charge in [0.05, 0.1) is 0 Å². The Balaban J connectivity index is 0.000000437. The van der Waals surface area contributed by atoms with E-state index in [1.54, 1.807) is 11.1 Å². The number of allylic oxidation sites excluding steroid dienone is 5. The summed E-state index contributed by atoms with van der Waals surface area (Å²) in [5.74, 6) is 2.76. The van der Waals surface area contributed by atoms with Crippen LogP contribution in [0.1, 0.15) is 86.5 Å². The molecule has 0 saturated heterocycles. The fraction of sp³-hybridized carbons (Fsp3) is 0.690.